The smallest absolute Gasteiger partial charge is 0.314 e. The zero-order valence-corrected chi connectivity index (χ0v) is 21.9. The van der Waals surface area contributed by atoms with Crippen molar-refractivity contribution in [1.29, 1.82) is 0 Å². The van der Waals surface area contributed by atoms with Crippen LogP contribution in [0.5, 0.6) is 11.6 Å². The van der Waals surface area contributed by atoms with Crippen molar-refractivity contribution in [3.8, 4) is 11.6 Å². The SMILES string of the molecule is CCCCCCOc1ccc(OC(=O)C2CCC(C3CCC(CCCCCC)CC3)CC2)cn1. The molecule has 0 amide bonds. The third-order valence-corrected chi connectivity index (χ3v) is 8.30. The molecule has 192 valence electrons. The van der Waals surface area contributed by atoms with Crippen molar-refractivity contribution in [3.05, 3.63) is 18.3 Å². The van der Waals surface area contributed by atoms with Gasteiger partial charge in [-0.05, 0) is 68.8 Å². The first kappa shape index (κ1) is 27.0. The highest BCUT2D eigenvalue weighted by Gasteiger charge is 2.33. The Bertz CT molecular complexity index is 673. The van der Waals surface area contributed by atoms with Crippen LogP contribution >= 0.6 is 0 Å². The number of esters is 1. The van der Waals surface area contributed by atoms with Crippen LogP contribution in [-0.4, -0.2) is 17.6 Å². The summed E-state index contributed by atoms with van der Waals surface area (Å²) in [6, 6.07) is 3.61. The van der Waals surface area contributed by atoms with Gasteiger partial charge < -0.3 is 9.47 Å². The molecule has 0 aliphatic heterocycles. The minimum absolute atomic E-state index is 0.0423. The van der Waals surface area contributed by atoms with E-state index >= 15 is 0 Å². The zero-order valence-electron chi connectivity index (χ0n) is 21.9. The van der Waals surface area contributed by atoms with Crippen molar-refractivity contribution in [2.45, 2.75) is 123 Å². The van der Waals surface area contributed by atoms with Gasteiger partial charge in [0.15, 0.2) is 0 Å². The van der Waals surface area contributed by atoms with E-state index in [-0.39, 0.29) is 11.9 Å². The number of ether oxygens (including phenoxy) is 2. The Labute approximate surface area is 208 Å². The first-order chi connectivity index (χ1) is 16.7. The standard InChI is InChI=1S/C30H49NO3/c1-3-5-7-9-11-24-12-14-25(15-13-24)26-16-18-27(19-17-26)30(32)34-28-20-21-29(31-23-28)33-22-10-8-6-4-2/h20-21,23-27H,3-19,22H2,1-2H3. The summed E-state index contributed by atoms with van der Waals surface area (Å²) >= 11 is 0. The molecule has 4 heteroatoms. The maximum Gasteiger partial charge on any atom is 0.314 e. The molecule has 3 rings (SSSR count). The number of unbranched alkanes of at least 4 members (excludes halogenated alkanes) is 6. The van der Waals surface area contributed by atoms with Gasteiger partial charge in [0, 0.05) is 6.07 Å². The van der Waals surface area contributed by atoms with Crippen LogP contribution in [0.1, 0.15) is 123 Å². The Kier molecular flexibility index (Phi) is 12.3. The van der Waals surface area contributed by atoms with E-state index in [0.29, 0.717) is 18.2 Å². The molecule has 0 saturated heterocycles. The summed E-state index contributed by atoms with van der Waals surface area (Å²) < 4.78 is 11.3. The highest BCUT2D eigenvalue weighted by molar-refractivity contribution is 5.75. The fourth-order valence-corrected chi connectivity index (χ4v) is 6.05. The van der Waals surface area contributed by atoms with Gasteiger partial charge in [0.25, 0.3) is 0 Å². The normalized spacial score (nSPS) is 25.1. The molecule has 1 heterocycles. The van der Waals surface area contributed by atoms with Crippen LogP contribution in [0.4, 0.5) is 0 Å². The predicted molar refractivity (Wildman–Crippen MR) is 139 cm³/mol. The Morgan fingerprint density at radius 1 is 0.824 bits per heavy atom. The van der Waals surface area contributed by atoms with E-state index in [1.165, 1.54) is 89.9 Å². The van der Waals surface area contributed by atoms with Gasteiger partial charge in [0.1, 0.15) is 5.75 Å². The van der Waals surface area contributed by atoms with Crippen LogP contribution in [0.3, 0.4) is 0 Å². The maximum absolute atomic E-state index is 12.7. The number of nitrogens with zero attached hydrogens (tertiary/aromatic N) is 1. The lowest BCUT2D eigenvalue weighted by Crippen LogP contribution is -2.30. The summed E-state index contributed by atoms with van der Waals surface area (Å²) in [5.41, 5.74) is 0. The largest absolute Gasteiger partial charge is 0.478 e. The van der Waals surface area contributed by atoms with Gasteiger partial charge >= 0.3 is 5.97 Å². The third-order valence-electron chi connectivity index (χ3n) is 8.30. The van der Waals surface area contributed by atoms with Crippen molar-refractivity contribution >= 4 is 5.97 Å². The number of aromatic nitrogens is 1. The molecule has 4 nitrogen and oxygen atoms in total. The lowest BCUT2D eigenvalue weighted by Gasteiger charge is -2.37. The molecular formula is C30H49NO3. The van der Waals surface area contributed by atoms with Crippen LogP contribution in [-0.2, 0) is 4.79 Å². The van der Waals surface area contributed by atoms with Crippen molar-refractivity contribution < 1.29 is 14.3 Å². The second kappa shape index (κ2) is 15.4. The van der Waals surface area contributed by atoms with Crippen LogP contribution in [0.15, 0.2) is 18.3 Å². The molecule has 2 aliphatic carbocycles. The van der Waals surface area contributed by atoms with Crippen molar-refractivity contribution in [3.63, 3.8) is 0 Å². The molecule has 0 radical (unpaired) electrons. The number of rotatable bonds is 14. The Morgan fingerprint density at radius 2 is 1.47 bits per heavy atom. The van der Waals surface area contributed by atoms with Gasteiger partial charge in [0.05, 0.1) is 18.7 Å². The molecule has 0 N–H and O–H groups in total. The van der Waals surface area contributed by atoms with E-state index < -0.39 is 0 Å². The molecule has 2 saturated carbocycles. The van der Waals surface area contributed by atoms with E-state index in [1.54, 1.807) is 18.3 Å². The number of pyridine rings is 1. The second-order valence-corrected chi connectivity index (χ2v) is 10.9. The minimum atomic E-state index is -0.0794. The van der Waals surface area contributed by atoms with Crippen molar-refractivity contribution in [1.82, 2.24) is 4.98 Å². The lowest BCUT2D eigenvalue weighted by atomic mass is 9.68. The van der Waals surface area contributed by atoms with Gasteiger partial charge in [-0.1, -0.05) is 78.1 Å². The molecule has 34 heavy (non-hydrogen) atoms. The zero-order chi connectivity index (χ0) is 24.0. The minimum Gasteiger partial charge on any atom is -0.478 e. The average molecular weight is 472 g/mol. The highest BCUT2D eigenvalue weighted by atomic mass is 16.5. The molecule has 0 unspecified atom stereocenters. The molecule has 0 bridgehead atoms. The van der Waals surface area contributed by atoms with Crippen molar-refractivity contribution in [2.75, 3.05) is 6.61 Å². The van der Waals surface area contributed by atoms with E-state index in [2.05, 4.69) is 18.8 Å². The van der Waals surface area contributed by atoms with Crippen LogP contribution in [0.25, 0.3) is 0 Å². The number of hydrogen-bond acceptors (Lipinski definition) is 4. The molecule has 2 aliphatic rings. The van der Waals surface area contributed by atoms with E-state index in [9.17, 15) is 4.79 Å². The first-order valence-electron chi connectivity index (χ1n) is 14.5. The molecular weight excluding hydrogens is 422 g/mol. The van der Waals surface area contributed by atoms with Gasteiger partial charge in [-0.15, -0.1) is 0 Å². The third kappa shape index (κ3) is 9.23. The van der Waals surface area contributed by atoms with Gasteiger partial charge in [-0.2, -0.15) is 0 Å². The second-order valence-electron chi connectivity index (χ2n) is 10.9. The average Bonchev–Trinajstić information content (AvgIpc) is 2.88. The fourth-order valence-electron chi connectivity index (χ4n) is 6.05. The van der Waals surface area contributed by atoms with Crippen LogP contribution in [0, 0.1) is 23.7 Å². The van der Waals surface area contributed by atoms with E-state index in [4.69, 9.17) is 9.47 Å². The fraction of sp³-hybridized carbons (Fsp3) is 0.800. The number of hydrogen-bond donors (Lipinski definition) is 0. The van der Waals surface area contributed by atoms with Gasteiger partial charge in [0.2, 0.25) is 5.88 Å². The van der Waals surface area contributed by atoms with Gasteiger partial charge in [-0.25, -0.2) is 4.98 Å². The Morgan fingerprint density at radius 3 is 2.09 bits per heavy atom. The summed E-state index contributed by atoms with van der Waals surface area (Å²) in [6.45, 7) is 5.19. The molecule has 0 atom stereocenters. The molecule has 1 aromatic heterocycles. The quantitative estimate of drug-likeness (QED) is 0.201. The van der Waals surface area contributed by atoms with Crippen molar-refractivity contribution in [2.24, 2.45) is 23.7 Å². The summed E-state index contributed by atoms with van der Waals surface area (Å²) in [7, 11) is 0. The molecule has 0 aromatic carbocycles. The molecule has 2 fully saturated rings. The number of carbonyl (C=O) groups is 1. The van der Waals surface area contributed by atoms with E-state index in [0.717, 1.165) is 37.0 Å². The summed E-state index contributed by atoms with van der Waals surface area (Å²) in [5, 5.41) is 0. The molecule has 1 aromatic rings. The monoisotopic (exact) mass is 471 g/mol. The first-order valence-corrected chi connectivity index (χ1v) is 14.5. The maximum atomic E-state index is 12.7. The summed E-state index contributed by atoms with van der Waals surface area (Å²) in [6.07, 6.45) is 23.4. The number of carbonyl (C=O) groups excluding carboxylic acids is 1. The summed E-state index contributed by atoms with van der Waals surface area (Å²) in [4.78, 5) is 17.0. The Balaban J connectivity index is 1.31. The summed E-state index contributed by atoms with van der Waals surface area (Å²) in [5.74, 6) is 3.79. The van der Waals surface area contributed by atoms with E-state index in [1.807, 2.05) is 0 Å². The van der Waals surface area contributed by atoms with Gasteiger partial charge in [-0.3, -0.25) is 4.79 Å². The lowest BCUT2D eigenvalue weighted by molar-refractivity contribution is -0.140. The Hall–Kier alpha value is -1.58. The van der Waals surface area contributed by atoms with Crippen LogP contribution < -0.4 is 9.47 Å². The predicted octanol–water partition coefficient (Wildman–Crippen LogP) is 8.53. The highest BCUT2D eigenvalue weighted by Crippen LogP contribution is 2.42. The topological polar surface area (TPSA) is 48.4 Å². The van der Waals surface area contributed by atoms with Crippen LogP contribution in [0.2, 0.25) is 0 Å². The molecule has 0 spiro atoms.